The van der Waals surface area contributed by atoms with Gasteiger partial charge in [0.2, 0.25) is 20.1 Å². The molecule has 1 heterocycles. The van der Waals surface area contributed by atoms with Crippen LogP contribution in [0.25, 0.3) is 0 Å². The van der Waals surface area contributed by atoms with Crippen molar-refractivity contribution in [2.24, 2.45) is 0 Å². The molecule has 10 rings (SSSR count). The number of nitrogens with zero attached hydrogens (tertiary/aromatic N) is 3. The summed E-state index contributed by atoms with van der Waals surface area (Å²) in [5, 5.41) is 1.98. The van der Waals surface area contributed by atoms with Gasteiger partial charge in [-0.15, -0.1) is 0 Å². The standard InChI is InChI=1S/C75H78B3N3S3/c1-43-31-49(7)67(50(8)32-43)76(68-51(9)33-44(2)34-52(68)10)61-19-25-64(26-20-61)82-73-79-74(83-65-27-21-62(22-28-65)77(69-53(11)35-45(3)36-54(69)12)70-55(13)37-46(4)38-56(70)14)81-75(80-73)84-66-29-23-63(24-30-66)78(71-57(15)39-47(5)40-58(71)16)72-59(17)41-48(6)42-60(72)18/h19-42H,1-18H3. The average molecular weight is 1150 g/mol. The number of hydrogen-bond donors (Lipinski definition) is 0. The van der Waals surface area contributed by atoms with Gasteiger partial charge in [-0.2, -0.15) is 15.0 Å². The highest BCUT2D eigenvalue weighted by Gasteiger charge is 2.32. The minimum absolute atomic E-state index is 0.0847. The normalized spacial score (nSPS) is 11.4. The summed E-state index contributed by atoms with van der Waals surface area (Å²) in [6.07, 6.45) is 0. The monoisotopic (exact) mass is 1150 g/mol. The van der Waals surface area contributed by atoms with E-state index in [1.54, 1.807) is 35.3 Å². The van der Waals surface area contributed by atoms with Crippen molar-refractivity contribution in [3.63, 3.8) is 0 Å². The van der Waals surface area contributed by atoms with E-state index in [4.69, 9.17) is 15.0 Å². The number of aromatic nitrogens is 3. The summed E-state index contributed by atoms with van der Waals surface area (Å²) < 4.78 is 0. The Bertz CT molecular complexity index is 3400. The van der Waals surface area contributed by atoms with Gasteiger partial charge in [0.15, 0.2) is 15.5 Å². The fourth-order valence-corrected chi connectivity index (χ4v) is 16.7. The van der Waals surface area contributed by atoms with Gasteiger partial charge >= 0.3 is 0 Å². The predicted molar refractivity (Wildman–Crippen MR) is 369 cm³/mol. The predicted octanol–water partition coefficient (Wildman–Crippen LogP) is 13.4. The molecule has 0 saturated carbocycles. The van der Waals surface area contributed by atoms with Gasteiger partial charge in [-0.25, -0.2) is 0 Å². The number of benzene rings is 9. The summed E-state index contributed by atoms with van der Waals surface area (Å²) >= 11 is 4.78. The van der Waals surface area contributed by atoms with Crippen LogP contribution in [0.2, 0.25) is 0 Å². The molecule has 9 aromatic carbocycles. The van der Waals surface area contributed by atoms with E-state index in [0.29, 0.717) is 15.5 Å². The SMILES string of the molecule is Cc1cc(C)c(B(c2ccc(Sc3nc(Sc4ccc(B(c5c(C)cc(C)cc5C)c5c(C)cc(C)cc5C)cc4)nc(Sc4ccc(B(c5c(C)cc(C)cc5C)c5c(C)cc(C)cc5C)cc4)n3)cc2)c2c(C)cc(C)cc2C)c(C)c1. The van der Waals surface area contributed by atoms with E-state index in [1.165, 1.54) is 149 Å². The Morgan fingerprint density at radius 3 is 0.500 bits per heavy atom. The van der Waals surface area contributed by atoms with Gasteiger partial charge < -0.3 is 0 Å². The van der Waals surface area contributed by atoms with Crippen molar-refractivity contribution >= 4 is 105 Å². The van der Waals surface area contributed by atoms with E-state index in [0.717, 1.165) is 14.7 Å². The van der Waals surface area contributed by atoms with Crippen LogP contribution in [-0.2, 0) is 0 Å². The van der Waals surface area contributed by atoms with Crippen molar-refractivity contribution in [2.75, 3.05) is 0 Å². The van der Waals surface area contributed by atoms with Crippen LogP contribution in [0.3, 0.4) is 0 Å². The lowest BCUT2D eigenvalue weighted by Crippen LogP contribution is -2.55. The maximum absolute atomic E-state index is 5.24. The summed E-state index contributed by atoms with van der Waals surface area (Å²) in [5.41, 5.74) is 35.7. The zero-order valence-electron chi connectivity index (χ0n) is 52.7. The van der Waals surface area contributed by atoms with E-state index >= 15 is 0 Å². The van der Waals surface area contributed by atoms with Crippen molar-refractivity contribution in [1.29, 1.82) is 0 Å². The molecular weight excluding hydrogens is 1070 g/mol. The molecular formula is C75H78B3N3S3. The highest BCUT2D eigenvalue weighted by molar-refractivity contribution is 8.00. The Balaban J connectivity index is 1.03. The molecule has 0 amide bonds. The molecule has 0 spiro atoms. The number of rotatable bonds is 15. The summed E-state index contributed by atoms with van der Waals surface area (Å²) in [6.45, 7) is 40.7. The van der Waals surface area contributed by atoms with Crippen LogP contribution in [-0.4, -0.2) is 35.1 Å². The molecule has 0 fully saturated rings. The van der Waals surface area contributed by atoms with Crippen molar-refractivity contribution in [3.8, 4) is 0 Å². The van der Waals surface area contributed by atoms with E-state index in [1.807, 2.05) is 0 Å². The molecule has 10 aromatic rings. The fraction of sp³-hybridized carbons (Fsp3) is 0.240. The minimum Gasteiger partial charge on any atom is -0.196 e. The molecule has 0 N–H and O–H groups in total. The molecule has 0 aliphatic rings. The second-order valence-electron chi connectivity index (χ2n) is 24.4. The van der Waals surface area contributed by atoms with Crippen molar-refractivity contribution < 1.29 is 0 Å². The Kier molecular flexibility index (Phi) is 18.0. The van der Waals surface area contributed by atoms with Crippen LogP contribution >= 0.6 is 35.3 Å². The summed E-state index contributed by atoms with van der Waals surface area (Å²) in [7, 11) is 0. The maximum Gasteiger partial charge on any atom is 0.242 e. The smallest absolute Gasteiger partial charge is 0.196 e. The topological polar surface area (TPSA) is 38.7 Å². The lowest BCUT2D eigenvalue weighted by molar-refractivity contribution is 0.717. The highest BCUT2D eigenvalue weighted by atomic mass is 32.2. The van der Waals surface area contributed by atoms with Crippen molar-refractivity contribution in [2.45, 2.75) is 155 Å². The second kappa shape index (κ2) is 25.1. The first-order chi connectivity index (χ1) is 40.0. The van der Waals surface area contributed by atoms with E-state index < -0.39 is 0 Å². The third kappa shape index (κ3) is 12.9. The number of hydrogen-bond acceptors (Lipinski definition) is 6. The van der Waals surface area contributed by atoms with Crippen LogP contribution in [0.1, 0.15) is 100 Å². The quantitative estimate of drug-likeness (QED) is 0.0953. The molecule has 0 radical (unpaired) electrons. The first-order valence-corrected chi connectivity index (χ1v) is 32.0. The Morgan fingerprint density at radius 1 is 0.214 bits per heavy atom. The molecule has 0 unspecified atom stereocenters. The summed E-state index contributed by atoms with van der Waals surface area (Å²) in [5.74, 6) is 0. The van der Waals surface area contributed by atoms with Crippen molar-refractivity contribution in [1.82, 2.24) is 15.0 Å². The van der Waals surface area contributed by atoms with Gasteiger partial charge in [-0.1, -0.05) is 259 Å². The number of aryl methyl sites for hydroxylation is 18. The molecule has 1 aromatic heterocycles. The molecule has 3 nitrogen and oxygen atoms in total. The second-order valence-corrected chi connectivity index (χ2v) is 27.5. The molecule has 0 saturated heterocycles. The van der Waals surface area contributed by atoms with Crippen molar-refractivity contribution in [3.05, 3.63) is 246 Å². The third-order valence-electron chi connectivity index (χ3n) is 17.0. The van der Waals surface area contributed by atoms with E-state index in [-0.39, 0.29) is 20.1 Å². The molecule has 0 bridgehead atoms. The average Bonchev–Trinajstić information content (AvgIpc) is 3.57. The summed E-state index contributed by atoms with van der Waals surface area (Å²) in [6, 6.07) is 55.4. The van der Waals surface area contributed by atoms with Gasteiger partial charge in [-0.3, -0.25) is 0 Å². The Labute approximate surface area is 516 Å². The molecule has 84 heavy (non-hydrogen) atoms. The largest absolute Gasteiger partial charge is 0.242 e. The minimum atomic E-state index is 0.0847. The van der Waals surface area contributed by atoms with Gasteiger partial charge in [0.25, 0.3) is 0 Å². The highest BCUT2D eigenvalue weighted by Crippen LogP contribution is 2.33. The first-order valence-electron chi connectivity index (χ1n) is 29.6. The van der Waals surface area contributed by atoms with Gasteiger partial charge in [-0.05, 0) is 196 Å². The molecule has 9 heteroatoms. The van der Waals surface area contributed by atoms with Gasteiger partial charge in [0, 0.05) is 14.7 Å². The lowest BCUT2D eigenvalue weighted by atomic mass is 9.34. The van der Waals surface area contributed by atoms with E-state index in [2.05, 4.69) is 270 Å². The fourth-order valence-electron chi connectivity index (χ4n) is 14.3. The molecule has 420 valence electrons. The molecule has 0 aliphatic heterocycles. The Morgan fingerprint density at radius 2 is 0.357 bits per heavy atom. The Hall–Kier alpha value is -6.77. The molecule has 0 aliphatic carbocycles. The van der Waals surface area contributed by atoms with Crippen LogP contribution in [0.5, 0.6) is 0 Å². The zero-order chi connectivity index (χ0) is 60.0. The van der Waals surface area contributed by atoms with Gasteiger partial charge in [0.05, 0.1) is 0 Å². The molecule has 0 atom stereocenters. The van der Waals surface area contributed by atoms with Crippen LogP contribution in [0, 0.1) is 125 Å². The van der Waals surface area contributed by atoms with Crippen LogP contribution in [0.15, 0.2) is 176 Å². The zero-order valence-corrected chi connectivity index (χ0v) is 55.1. The first kappa shape index (κ1) is 60.4. The van der Waals surface area contributed by atoms with Crippen LogP contribution in [0.4, 0.5) is 0 Å². The maximum atomic E-state index is 5.24. The summed E-state index contributed by atoms with van der Waals surface area (Å²) in [4.78, 5) is 18.9. The van der Waals surface area contributed by atoms with Crippen LogP contribution < -0.4 is 49.2 Å². The van der Waals surface area contributed by atoms with Gasteiger partial charge in [0.1, 0.15) is 0 Å². The van der Waals surface area contributed by atoms with E-state index in [9.17, 15) is 0 Å². The third-order valence-corrected chi connectivity index (χ3v) is 19.6. The lowest BCUT2D eigenvalue weighted by Gasteiger charge is -2.24.